The maximum absolute atomic E-state index is 11.5. The van der Waals surface area contributed by atoms with Crippen LogP contribution in [0.1, 0.15) is 0 Å². The molecule has 1 N–H and O–H groups in total. The fourth-order valence-corrected chi connectivity index (χ4v) is 4.36. The van der Waals surface area contributed by atoms with Crippen LogP contribution < -0.4 is 5.32 Å². The summed E-state index contributed by atoms with van der Waals surface area (Å²) < 4.78 is 27.6. The van der Waals surface area contributed by atoms with E-state index in [-0.39, 0.29) is 36.1 Å². The number of carbonyl (C=O) groups is 1. The van der Waals surface area contributed by atoms with Gasteiger partial charge in [0.15, 0.2) is 9.84 Å². The van der Waals surface area contributed by atoms with Crippen LogP contribution in [0.4, 0.5) is 0 Å². The van der Waals surface area contributed by atoms with Crippen molar-refractivity contribution in [2.45, 2.75) is 12.1 Å². The van der Waals surface area contributed by atoms with Crippen LogP contribution in [0, 0.1) is 0 Å². The van der Waals surface area contributed by atoms with Gasteiger partial charge in [-0.25, -0.2) is 8.42 Å². The Bertz CT molecular complexity index is 381. The highest BCUT2D eigenvalue weighted by molar-refractivity contribution is 7.91. The summed E-state index contributed by atoms with van der Waals surface area (Å²) >= 11 is 0. The summed E-state index contributed by atoms with van der Waals surface area (Å²) in [7, 11) is -1.62. The van der Waals surface area contributed by atoms with Gasteiger partial charge in [0.2, 0.25) is 0 Å². The summed E-state index contributed by atoms with van der Waals surface area (Å²) in [5.74, 6) is 0.00161. The van der Waals surface area contributed by atoms with E-state index in [2.05, 4.69) is 10.1 Å². The highest BCUT2D eigenvalue weighted by Gasteiger charge is 2.43. The second kappa shape index (κ2) is 4.31. The number of methoxy groups -OCH3 is 1. The number of esters is 1. The van der Waals surface area contributed by atoms with Gasteiger partial charge in [0.25, 0.3) is 0 Å². The molecule has 6 nitrogen and oxygen atoms in total. The number of hydrogen-bond acceptors (Lipinski definition) is 6. The number of fused-ring (bicyclic) bond motifs is 1. The third-order valence-electron chi connectivity index (χ3n) is 3.16. The largest absolute Gasteiger partial charge is 0.468 e. The van der Waals surface area contributed by atoms with Crippen LogP contribution in [-0.4, -0.2) is 69.6 Å². The molecule has 2 atom stereocenters. The van der Waals surface area contributed by atoms with Crippen LogP contribution in [-0.2, 0) is 19.4 Å². The molecule has 92 valence electrons. The van der Waals surface area contributed by atoms with Crippen molar-refractivity contribution in [3.05, 3.63) is 0 Å². The molecule has 0 spiro atoms. The zero-order valence-electron chi connectivity index (χ0n) is 9.18. The van der Waals surface area contributed by atoms with E-state index >= 15 is 0 Å². The Labute approximate surface area is 94.9 Å². The Kier molecular flexibility index (Phi) is 3.18. The topological polar surface area (TPSA) is 75.7 Å². The van der Waals surface area contributed by atoms with Gasteiger partial charge in [0.1, 0.15) is 0 Å². The number of sulfone groups is 1. The number of piperazine rings is 1. The smallest absolute Gasteiger partial charge is 0.319 e. The molecule has 2 aliphatic heterocycles. The summed E-state index contributed by atoms with van der Waals surface area (Å²) in [6.45, 7) is 1.58. The highest BCUT2D eigenvalue weighted by atomic mass is 32.2. The van der Waals surface area contributed by atoms with Gasteiger partial charge in [-0.1, -0.05) is 0 Å². The van der Waals surface area contributed by atoms with E-state index < -0.39 is 9.84 Å². The molecule has 2 rings (SSSR count). The Balaban J connectivity index is 2.07. The number of rotatable bonds is 2. The Morgan fingerprint density at radius 3 is 2.94 bits per heavy atom. The van der Waals surface area contributed by atoms with E-state index in [0.717, 1.165) is 0 Å². The van der Waals surface area contributed by atoms with Crippen molar-refractivity contribution in [3.63, 3.8) is 0 Å². The summed E-state index contributed by atoms with van der Waals surface area (Å²) in [4.78, 5) is 13.1. The number of nitrogens with zero attached hydrogens (tertiary/aromatic N) is 1. The van der Waals surface area contributed by atoms with Gasteiger partial charge in [0.05, 0.1) is 25.2 Å². The standard InChI is InChI=1S/C9H16N2O4S/c1-15-9(12)4-11-3-2-10-7-5-16(13,14)6-8(7)11/h7-8,10H,2-6H2,1H3/t7-,8+/m1/s1. The van der Waals surface area contributed by atoms with Gasteiger partial charge >= 0.3 is 5.97 Å². The molecule has 0 unspecified atom stereocenters. The molecule has 0 aromatic carbocycles. The summed E-state index contributed by atoms with van der Waals surface area (Å²) in [5, 5.41) is 3.18. The number of carbonyl (C=O) groups excluding carboxylic acids is 1. The van der Waals surface area contributed by atoms with Crippen LogP contribution in [0.3, 0.4) is 0 Å². The SMILES string of the molecule is COC(=O)CN1CCN[C@@H]2CS(=O)(=O)C[C@@H]21. The third-order valence-corrected chi connectivity index (χ3v) is 4.87. The predicted octanol–water partition coefficient (Wildman–Crippen LogP) is -1.77. The molecular formula is C9H16N2O4S. The van der Waals surface area contributed by atoms with Gasteiger partial charge < -0.3 is 10.1 Å². The lowest BCUT2D eigenvalue weighted by atomic mass is 10.1. The van der Waals surface area contributed by atoms with Crippen molar-refractivity contribution in [3.8, 4) is 0 Å². The van der Waals surface area contributed by atoms with E-state index in [1.165, 1.54) is 7.11 Å². The molecule has 0 aliphatic carbocycles. The monoisotopic (exact) mass is 248 g/mol. The molecule has 2 fully saturated rings. The van der Waals surface area contributed by atoms with Crippen molar-refractivity contribution in [2.24, 2.45) is 0 Å². The van der Waals surface area contributed by atoms with E-state index in [4.69, 9.17) is 0 Å². The van der Waals surface area contributed by atoms with Crippen molar-refractivity contribution < 1.29 is 17.9 Å². The summed E-state index contributed by atoms with van der Waals surface area (Å²) in [5.41, 5.74) is 0. The molecule has 0 aromatic rings. The second-order valence-corrected chi connectivity index (χ2v) is 6.41. The van der Waals surface area contributed by atoms with E-state index in [1.807, 2.05) is 4.90 Å². The van der Waals surface area contributed by atoms with Gasteiger partial charge in [-0.3, -0.25) is 9.69 Å². The zero-order chi connectivity index (χ0) is 11.8. The quantitative estimate of drug-likeness (QED) is 0.583. The molecule has 2 aliphatic rings. The fourth-order valence-electron chi connectivity index (χ4n) is 2.37. The van der Waals surface area contributed by atoms with Gasteiger partial charge in [-0.15, -0.1) is 0 Å². The Morgan fingerprint density at radius 2 is 2.25 bits per heavy atom. The molecular weight excluding hydrogens is 232 g/mol. The van der Waals surface area contributed by atoms with Crippen LogP contribution in [0.2, 0.25) is 0 Å². The molecule has 0 aromatic heterocycles. The first-order valence-corrected chi connectivity index (χ1v) is 7.08. The zero-order valence-corrected chi connectivity index (χ0v) is 10.00. The maximum atomic E-state index is 11.5. The molecule has 0 amide bonds. The van der Waals surface area contributed by atoms with E-state index in [1.54, 1.807) is 0 Å². The first-order chi connectivity index (χ1) is 7.52. The lowest BCUT2D eigenvalue weighted by Crippen LogP contribution is -2.58. The van der Waals surface area contributed by atoms with E-state index in [9.17, 15) is 13.2 Å². The third kappa shape index (κ3) is 2.36. The Morgan fingerprint density at radius 1 is 1.50 bits per heavy atom. The summed E-state index contributed by atoms with van der Waals surface area (Å²) in [6.07, 6.45) is 0. The average Bonchev–Trinajstić information content (AvgIpc) is 2.53. The highest BCUT2D eigenvalue weighted by Crippen LogP contribution is 2.20. The van der Waals surface area contributed by atoms with Crippen molar-refractivity contribution in [1.82, 2.24) is 10.2 Å². The molecule has 0 saturated carbocycles. The minimum atomic E-state index is -2.96. The minimum Gasteiger partial charge on any atom is -0.468 e. The van der Waals surface area contributed by atoms with Crippen molar-refractivity contribution >= 4 is 15.8 Å². The van der Waals surface area contributed by atoms with Crippen LogP contribution in [0.25, 0.3) is 0 Å². The number of hydrogen-bond donors (Lipinski definition) is 1. The van der Waals surface area contributed by atoms with Crippen LogP contribution in [0.5, 0.6) is 0 Å². The molecule has 7 heteroatoms. The molecule has 2 saturated heterocycles. The first-order valence-electron chi connectivity index (χ1n) is 5.26. The Hall–Kier alpha value is -0.660. The molecule has 16 heavy (non-hydrogen) atoms. The van der Waals surface area contributed by atoms with Crippen LogP contribution >= 0.6 is 0 Å². The summed E-state index contributed by atoms with van der Waals surface area (Å²) in [6, 6.07) is -0.124. The lowest BCUT2D eigenvalue weighted by Gasteiger charge is -2.36. The fraction of sp³-hybridized carbons (Fsp3) is 0.889. The van der Waals surface area contributed by atoms with Crippen LogP contribution in [0.15, 0.2) is 0 Å². The molecule has 0 bridgehead atoms. The maximum Gasteiger partial charge on any atom is 0.319 e. The normalized spacial score (nSPS) is 33.3. The second-order valence-electron chi connectivity index (χ2n) is 4.25. The molecule has 2 heterocycles. The predicted molar refractivity (Wildman–Crippen MR) is 57.8 cm³/mol. The minimum absolute atomic E-state index is 0.0385. The first kappa shape index (κ1) is 11.8. The molecule has 0 radical (unpaired) electrons. The van der Waals surface area contributed by atoms with Gasteiger partial charge in [-0.2, -0.15) is 0 Å². The van der Waals surface area contributed by atoms with E-state index in [0.29, 0.717) is 13.1 Å². The number of ether oxygens (including phenoxy) is 1. The lowest BCUT2D eigenvalue weighted by molar-refractivity contribution is -0.142. The van der Waals surface area contributed by atoms with Crippen molar-refractivity contribution in [2.75, 3.05) is 38.2 Å². The average molecular weight is 248 g/mol. The van der Waals surface area contributed by atoms with Crippen molar-refractivity contribution in [1.29, 1.82) is 0 Å². The number of nitrogens with one attached hydrogen (secondary N) is 1. The van der Waals surface area contributed by atoms with Gasteiger partial charge in [0, 0.05) is 25.2 Å². The van der Waals surface area contributed by atoms with Gasteiger partial charge in [-0.05, 0) is 0 Å².